The van der Waals surface area contributed by atoms with Crippen LogP contribution in [0.2, 0.25) is 5.02 Å². The van der Waals surface area contributed by atoms with Crippen LogP contribution in [0.3, 0.4) is 0 Å². The van der Waals surface area contributed by atoms with Crippen molar-refractivity contribution >= 4 is 23.2 Å². The topological polar surface area (TPSA) is 64.4 Å². The van der Waals surface area contributed by atoms with Crippen molar-refractivity contribution < 1.29 is 9.53 Å². The summed E-state index contributed by atoms with van der Waals surface area (Å²) in [6.45, 7) is 3.39. The van der Waals surface area contributed by atoms with Gasteiger partial charge in [-0.25, -0.2) is 0 Å². The SMILES string of the molecule is CC1(NC(=O)c2ccc(N)c(Cl)c2)CCOCC1. The van der Waals surface area contributed by atoms with E-state index in [2.05, 4.69) is 5.32 Å². The highest BCUT2D eigenvalue weighted by Gasteiger charge is 2.29. The van der Waals surface area contributed by atoms with Gasteiger partial charge in [0.2, 0.25) is 0 Å². The van der Waals surface area contributed by atoms with Gasteiger partial charge in [-0.3, -0.25) is 4.79 Å². The molecule has 0 radical (unpaired) electrons. The van der Waals surface area contributed by atoms with Gasteiger partial charge in [0.05, 0.1) is 10.7 Å². The average molecular weight is 269 g/mol. The zero-order valence-corrected chi connectivity index (χ0v) is 11.1. The highest BCUT2D eigenvalue weighted by molar-refractivity contribution is 6.33. The molecule has 1 aromatic rings. The second kappa shape index (κ2) is 5.16. The van der Waals surface area contributed by atoms with E-state index in [4.69, 9.17) is 22.1 Å². The second-order valence-electron chi connectivity index (χ2n) is 4.86. The summed E-state index contributed by atoms with van der Waals surface area (Å²) >= 11 is 5.91. The molecule has 5 heteroatoms. The summed E-state index contributed by atoms with van der Waals surface area (Å²) in [5.41, 5.74) is 6.42. The van der Waals surface area contributed by atoms with Crippen molar-refractivity contribution in [2.45, 2.75) is 25.3 Å². The fourth-order valence-corrected chi connectivity index (χ4v) is 2.14. The van der Waals surface area contributed by atoms with Gasteiger partial charge < -0.3 is 15.8 Å². The van der Waals surface area contributed by atoms with Gasteiger partial charge in [0.1, 0.15) is 0 Å². The number of halogens is 1. The Morgan fingerprint density at radius 1 is 1.44 bits per heavy atom. The third-order valence-electron chi connectivity index (χ3n) is 3.27. The van der Waals surface area contributed by atoms with Crippen molar-refractivity contribution in [3.8, 4) is 0 Å². The number of benzene rings is 1. The third kappa shape index (κ3) is 2.94. The molecule has 2 rings (SSSR count). The first-order chi connectivity index (χ1) is 8.50. The lowest BCUT2D eigenvalue weighted by Gasteiger charge is -2.34. The molecular formula is C13H17ClN2O2. The predicted molar refractivity (Wildman–Crippen MR) is 71.8 cm³/mol. The normalized spacial score (nSPS) is 18.3. The van der Waals surface area contributed by atoms with Crippen molar-refractivity contribution in [3.63, 3.8) is 0 Å². The van der Waals surface area contributed by atoms with Gasteiger partial charge in [0, 0.05) is 24.3 Å². The quantitative estimate of drug-likeness (QED) is 0.809. The summed E-state index contributed by atoms with van der Waals surface area (Å²) in [4.78, 5) is 12.1. The Hall–Kier alpha value is -1.26. The lowest BCUT2D eigenvalue weighted by Crippen LogP contribution is -2.49. The van der Waals surface area contributed by atoms with Gasteiger partial charge in [-0.15, -0.1) is 0 Å². The molecule has 0 atom stereocenters. The molecule has 1 fully saturated rings. The van der Waals surface area contributed by atoms with Crippen LogP contribution in [-0.2, 0) is 4.74 Å². The summed E-state index contributed by atoms with van der Waals surface area (Å²) < 4.78 is 5.30. The van der Waals surface area contributed by atoms with Crippen molar-refractivity contribution in [1.82, 2.24) is 5.32 Å². The van der Waals surface area contributed by atoms with Crippen LogP contribution in [0, 0.1) is 0 Å². The van der Waals surface area contributed by atoms with Gasteiger partial charge in [-0.05, 0) is 38.0 Å². The average Bonchev–Trinajstić information content (AvgIpc) is 2.33. The van der Waals surface area contributed by atoms with Gasteiger partial charge in [-0.1, -0.05) is 11.6 Å². The van der Waals surface area contributed by atoms with Crippen molar-refractivity contribution in [1.29, 1.82) is 0 Å². The summed E-state index contributed by atoms with van der Waals surface area (Å²) in [6, 6.07) is 4.91. The minimum Gasteiger partial charge on any atom is -0.398 e. The zero-order valence-electron chi connectivity index (χ0n) is 10.3. The molecule has 0 spiro atoms. The van der Waals surface area contributed by atoms with E-state index in [1.54, 1.807) is 18.2 Å². The van der Waals surface area contributed by atoms with Crippen molar-refractivity contribution in [2.75, 3.05) is 18.9 Å². The van der Waals surface area contributed by atoms with E-state index in [0.29, 0.717) is 29.5 Å². The molecule has 1 aliphatic rings. The van der Waals surface area contributed by atoms with Crippen LogP contribution in [-0.4, -0.2) is 24.7 Å². The van der Waals surface area contributed by atoms with Crippen molar-refractivity contribution in [3.05, 3.63) is 28.8 Å². The maximum absolute atomic E-state index is 12.1. The molecule has 1 aliphatic heterocycles. The van der Waals surface area contributed by atoms with Crippen LogP contribution in [0.5, 0.6) is 0 Å². The highest BCUT2D eigenvalue weighted by atomic mass is 35.5. The van der Waals surface area contributed by atoms with E-state index in [9.17, 15) is 4.79 Å². The molecule has 0 aromatic heterocycles. The van der Waals surface area contributed by atoms with E-state index in [1.165, 1.54) is 0 Å². The monoisotopic (exact) mass is 268 g/mol. The Morgan fingerprint density at radius 3 is 2.72 bits per heavy atom. The van der Waals surface area contributed by atoms with Gasteiger partial charge in [0.15, 0.2) is 0 Å². The second-order valence-corrected chi connectivity index (χ2v) is 5.27. The summed E-state index contributed by atoms with van der Waals surface area (Å²) in [5, 5.41) is 3.44. The molecule has 3 N–H and O–H groups in total. The van der Waals surface area contributed by atoms with Crippen LogP contribution in [0.25, 0.3) is 0 Å². The number of hydrogen-bond donors (Lipinski definition) is 2. The minimum atomic E-state index is -0.205. The lowest BCUT2D eigenvalue weighted by atomic mass is 9.92. The Balaban J connectivity index is 2.09. The van der Waals surface area contributed by atoms with Gasteiger partial charge >= 0.3 is 0 Å². The number of carbonyl (C=O) groups is 1. The maximum atomic E-state index is 12.1. The van der Waals surface area contributed by atoms with E-state index in [0.717, 1.165) is 12.8 Å². The number of hydrogen-bond acceptors (Lipinski definition) is 3. The van der Waals surface area contributed by atoms with E-state index >= 15 is 0 Å². The highest BCUT2D eigenvalue weighted by Crippen LogP contribution is 2.22. The molecule has 18 heavy (non-hydrogen) atoms. The largest absolute Gasteiger partial charge is 0.398 e. The standard InChI is InChI=1S/C13H17ClN2O2/c1-13(4-6-18-7-5-13)16-12(17)9-2-3-11(15)10(14)8-9/h2-3,8H,4-7,15H2,1H3,(H,16,17). The molecule has 98 valence electrons. The van der Waals surface area contributed by atoms with Gasteiger partial charge in [0.25, 0.3) is 5.91 Å². The Bertz CT molecular complexity index is 456. The number of carbonyl (C=O) groups excluding carboxylic acids is 1. The number of amides is 1. The molecule has 0 saturated carbocycles. The maximum Gasteiger partial charge on any atom is 0.251 e. The molecular weight excluding hydrogens is 252 g/mol. The number of rotatable bonds is 2. The number of nitrogens with two attached hydrogens (primary N) is 1. The van der Waals surface area contributed by atoms with Crippen LogP contribution >= 0.6 is 11.6 Å². The van der Waals surface area contributed by atoms with E-state index in [1.807, 2.05) is 6.92 Å². The predicted octanol–water partition coefficient (Wildman–Crippen LogP) is 2.22. The first-order valence-electron chi connectivity index (χ1n) is 5.95. The number of anilines is 1. The first-order valence-corrected chi connectivity index (χ1v) is 6.33. The fourth-order valence-electron chi connectivity index (χ4n) is 1.96. The van der Waals surface area contributed by atoms with Crippen LogP contribution in [0.1, 0.15) is 30.1 Å². The molecule has 1 heterocycles. The third-order valence-corrected chi connectivity index (χ3v) is 3.60. The molecule has 0 aliphatic carbocycles. The first kappa shape index (κ1) is 13.2. The van der Waals surface area contributed by atoms with Crippen LogP contribution < -0.4 is 11.1 Å². The molecule has 1 amide bonds. The number of ether oxygens (including phenoxy) is 1. The molecule has 0 unspecified atom stereocenters. The smallest absolute Gasteiger partial charge is 0.251 e. The zero-order chi connectivity index (χ0) is 13.2. The molecule has 1 saturated heterocycles. The van der Waals surface area contributed by atoms with Crippen LogP contribution in [0.4, 0.5) is 5.69 Å². The minimum absolute atomic E-state index is 0.124. The molecule has 0 bridgehead atoms. The molecule has 4 nitrogen and oxygen atoms in total. The lowest BCUT2D eigenvalue weighted by molar-refractivity contribution is 0.0423. The molecule has 1 aromatic carbocycles. The number of nitrogen functional groups attached to an aromatic ring is 1. The summed E-state index contributed by atoms with van der Waals surface area (Å²) in [6.07, 6.45) is 1.64. The summed E-state index contributed by atoms with van der Waals surface area (Å²) in [5.74, 6) is -0.124. The van der Waals surface area contributed by atoms with E-state index in [-0.39, 0.29) is 11.4 Å². The Kier molecular flexibility index (Phi) is 3.78. The van der Waals surface area contributed by atoms with E-state index < -0.39 is 0 Å². The fraction of sp³-hybridized carbons (Fsp3) is 0.462. The van der Waals surface area contributed by atoms with Crippen LogP contribution in [0.15, 0.2) is 18.2 Å². The van der Waals surface area contributed by atoms with Crippen molar-refractivity contribution in [2.24, 2.45) is 0 Å². The summed E-state index contributed by atoms with van der Waals surface area (Å²) in [7, 11) is 0. The Labute approximate surface area is 111 Å². The number of nitrogens with one attached hydrogen (secondary N) is 1. The van der Waals surface area contributed by atoms with Gasteiger partial charge in [-0.2, -0.15) is 0 Å². The Morgan fingerprint density at radius 2 is 2.11 bits per heavy atom.